The Bertz CT molecular complexity index is 525. The van der Waals surface area contributed by atoms with Crippen molar-refractivity contribution in [1.29, 1.82) is 0 Å². The van der Waals surface area contributed by atoms with Gasteiger partial charge in [-0.2, -0.15) is 13.2 Å². The predicted octanol–water partition coefficient (Wildman–Crippen LogP) is 2.14. The first kappa shape index (κ1) is 14.4. The van der Waals surface area contributed by atoms with E-state index in [2.05, 4.69) is 0 Å². The fourth-order valence-electron chi connectivity index (χ4n) is 2.11. The molecule has 2 rings (SSSR count). The number of nitrogens with zero attached hydrogens (tertiary/aromatic N) is 1. The maximum atomic E-state index is 12.4. The Kier molecular flexibility index (Phi) is 3.69. The van der Waals surface area contributed by atoms with Gasteiger partial charge in [0.25, 0.3) is 0 Å². The first-order valence-corrected chi connectivity index (χ1v) is 5.94. The van der Waals surface area contributed by atoms with Crippen LogP contribution in [0.15, 0.2) is 24.3 Å². The molecule has 1 heterocycles. The summed E-state index contributed by atoms with van der Waals surface area (Å²) in [5, 5.41) is 8.84. The summed E-state index contributed by atoms with van der Waals surface area (Å²) >= 11 is 0. The molecule has 0 aromatic heterocycles. The zero-order chi connectivity index (χ0) is 14.9. The van der Waals surface area contributed by atoms with Crippen LogP contribution in [0.25, 0.3) is 0 Å². The van der Waals surface area contributed by atoms with Gasteiger partial charge in [0.05, 0.1) is 11.5 Å². The van der Waals surface area contributed by atoms with Crippen LogP contribution in [0.2, 0.25) is 0 Å². The monoisotopic (exact) mass is 287 g/mol. The minimum Gasteiger partial charge on any atom is -0.481 e. The van der Waals surface area contributed by atoms with Crippen molar-refractivity contribution < 1.29 is 27.9 Å². The number of rotatable bonds is 3. The van der Waals surface area contributed by atoms with Crippen LogP contribution in [0, 0.1) is 5.92 Å². The quantitative estimate of drug-likeness (QED) is 0.926. The number of hydrogen-bond acceptors (Lipinski definition) is 2. The molecule has 1 aromatic rings. The number of amides is 1. The molecular formula is C13H12F3NO3. The molecule has 20 heavy (non-hydrogen) atoms. The second-order valence-electron chi connectivity index (χ2n) is 4.71. The molecule has 0 unspecified atom stereocenters. The first-order valence-electron chi connectivity index (χ1n) is 5.94. The van der Waals surface area contributed by atoms with Crippen LogP contribution in [-0.4, -0.2) is 28.4 Å². The van der Waals surface area contributed by atoms with Gasteiger partial charge in [-0.05, 0) is 17.7 Å². The molecule has 1 amide bonds. The minimum atomic E-state index is -4.39. The minimum absolute atomic E-state index is 0.0596. The highest BCUT2D eigenvalue weighted by atomic mass is 19.4. The lowest BCUT2D eigenvalue weighted by atomic mass is 10.1. The Morgan fingerprint density at radius 1 is 1.30 bits per heavy atom. The van der Waals surface area contributed by atoms with E-state index < -0.39 is 23.6 Å². The summed E-state index contributed by atoms with van der Waals surface area (Å²) < 4.78 is 37.2. The molecule has 1 fully saturated rings. The van der Waals surface area contributed by atoms with Crippen molar-refractivity contribution in [1.82, 2.24) is 4.90 Å². The number of aliphatic carboxylic acids is 1. The number of hydrogen-bond donors (Lipinski definition) is 1. The summed E-state index contributed by atoms with van der Waals surface area (Å²) in [4.78, 5) is 23.7. The third-order valence-electron chi connectivity index (χ3n) is 3.22. The number of alkyl halides is 3. The van der Waals surface area contributed by atoms with Gasteiger partial charge in [-0.3, -0.25) is 9.59 Å². The molecule has 1 aliphatic heterocycles. The third kappa shape index (κ3) is 3.09. The van der Waals surface area contributed by atoms with Crippen LogP contribution in [0.1, 0.15) is 17.5 Å². The van der Waals surface area contributed by atoms with Crippen molar-refractivity contribution in [3.63, 3.8) is 0 Å². The summed E-state index contributed by atoms with van der Waals surface area (Å²) in [5.41, 5.74) is -0.213. The summed E-state index contributed by atoms with van der Waals surface area (Å²) in [5.74, 6) is -2.07. The highest BCUT2D eigenvalue weighted by molar-refractivity contribution is 5.86. The van der Waals surface area contributed by atoms with Gasteiger partial charge in [0.1, 0.15) is 0 Å². The van der Waals surface area contributed by atoms with Gasteiger partial charge >= 0.3 is 12.1 Å². The molecule has 4 nitrogen and oxygen atoms in total. The third-order valence-corrected chi connectivity index (χ3v) is 3.22. The highest BCUT2D eigenvalue weighted by Gasteiger charge is 2.34. The van der Waals surface area contributed by atoms with Crippen LogP contribution >= 0.6 is 0 Å². The molecule has 0 radical (unpaired) electrons. The molecule has 0 spiro atoms. The van der Waals surface area contributed by atoms with Gasteiger partial charge in [-0.25, -0.2) is 0 Å². The van der Waals surface area contributed by atoms with Crippen molar-refractivity contribution in [2.75, 3.05) is 6.54 Å². The Balaban J connectivity index is 2.04. The Morgan fingerprint density at radius 3 is 2.35 bits per heavy atom. The second-order valence-corrected chi connectivity index (χ2v) is 4.71. The van der Waals surface area contributed by atoms with E-state index in [0.29, 0.717) is 5.56 Å². The van der Waals surface area contributed by atoms with E-state index in [-0.39, 0.29) is 25.4 Å². The lowest BCUT2D eigenvalue weighted by Gasteiger charge is -2.16. The molecule has 7 heteroatoms. The van der Waals surface area contributed by atoms with E-state index >= 15 is 0 Å². The molecule has 108 valence electrons. The molecule has 1 N–H and O–H groups in total. The van der Waals surface area contributed by atoms with Gasteiger partial charge in [0, 0.05) is 19.5 Å². The van der Waals surface area contributed by atoms with E-state index in [1.807, 2.05) is 0 Å². The summed E-state index contributed by atoms with van der Waals surface area (Å²) in [7, 11) is 0. The second kappa shape index (κ2) is 5.15. The molecule has 0 saturated carbocycles. The normalized spacial score (nSPS) is 19.4. The molecule has 1 saturated heterocycles. The topological polar surface area (TPSA) is 57.6 Å². The van der Waals surface area contributed by atoms with Gasteiger partial charge in [0.2, 0.25) is 5.91 Å². The zero-order valence-electron chi connectivity index (χ0n) is 10.4. The molecule has 0 aliphatic carbocycles. The maximum absolute atomic E-state index is 12.4. The highest BCUT2D eigenvalue weighted by Crippen LogP contribution is 2.29. The number of carbonyl (C=O) groups is 2. The first-order chi connectivity index (χ1) is 9.27. The van der Waals surface area contributed by atoms with Crippen molar-refractivity contribution in [3.05, 3.63) is 35.4 Å². The van der Waals surface area contributed by atoms with Crippen molar-refractivity contribution in [2.45, 2.75) is 19.1 Å². The summed E-state index contributed by atoms with van der Waals surface area (Å²) in [6.45, 7) is 0.218. The fourth-order valence-corrected chi connectivity index (χ4v) is 2.11. The van der Waals surface area contributed by atoms with Gasteiger partial charge in [-0.1, -0.05) is 12.1 Å². The average molecular weight is 287 g/mol. The lowest BCUT2D eigenvalue weighted by Crippen LogP contribution is -2.25. The van der Waals surface area contributed by atoms with Crippen LogP contribution in [0.3, 0.4) is 0 Å². The molecule has 1 atom stereocenters. The summed E-state index contributed by atoms with van der Waals surface area (Å²) in [6, 6.07) is 4.49. The Hall–Kier alpha value is -2.05. The van der Waals surface area contributed by atoms with Gasteiger partial charge in [0.15, 0.2) is 0 Å². The van der Waals surface area contributed by atoms with Crippen molar-refractivity contribution >= 4 is 11.9 Å². The van der Waals surface area contributed by atoms with Crippen LogP contribution in [-0.2, 0) is 22.3 Å². The van der Waals surface area contributed by atoms with E-state index in [0.717, 1.165) is 12.1 Å². The standard InChI is InChI=1S/C13H12F3NO3/c14-13(15,16)10-3-1-8(2-4-10)6-17-7-9(12(19)20)5-11(17)18/h1-4,9H,5-7H2,(H,19,20)/t9-/m1/s1. The number of likely N-dealkylation sites (tertiary alicyclic amines) is 1. The van der Waals surface area contributed by atoms with Crippen molar-refractivity contribution in [3.8, 4) is 0 Å². The summed E-state index contributed by atoms with van der Waals surface area (Å²) in [6.07, 6.45) is -4.45. The van der Waals surface area contributed by atoms with E-state index in [1.54, 1.807) is 0 Å². The smallest absolute Gasteiger partial charge is 0.416 e. The van der Waals surface area contributed by atoms with E-state index in [4.69, 9.17) is 5.11 Å². The Morgan fingerprint density at radius 2 is 1.90 bits per heavy atom. The van der Waals surface area contributed by atoms with E-state index in [9.17, 15) is 22.8 Å². The lowest BCUT2D eigenvalue weighted by molar-refractivity contribution is -0.141. The van der Waals surface area contributed by atoms with Crippen LogP contribution in [0.5, 0.6) is 0 Å². The van der Waals surface area contributed by atoms with Gasteiger partial charge < -0.3 is 10.0 Å². The van der Waals surface area contributed by atoms with Crippen LogP contribution < -0.4 is 0 Å². The fraction of sp³-hybridized carbons (Fsp3) is 0.385. The van der Waals surface area contributed by atoms with E-state index in [1.165, 1.54) is 17.0 Å². The SMILES string of the molecule is O=C(O)[C@@H]1CC(=O)N(Cc2ccc(C(F)(F)F)cc2)C1. The van der Waals surface area contributed by atoms with Crippen molar-refractivity contribution in [2.24, 2.45) is 5.92 Å². The number of carboxylic acids is 1. The molecular weight excluding hydrogens is 275 g/mol. The maximum Gasteiger partial charge on any atom is 0.416 e. The largest absolute Gasteiger partial charge is 0.481 e. The molecule has 0 bridgehead atoms. The predicted molar refractivity (Wildman–Crippen MR) is 62.6 cm³/mol. The van der Waals surface area contributed by atoms with Gasteiger partial charge in [-0.15, -0.1) is 0 Å². The molecule has 1 aliphatic rings. The Labute approximate surface area is 112 Å². The number of benzene rings is 1. The number of carbonyl (C=O) groups excluding carboxylic acids is 1. The zero-order valence-corrected chi connectivity index (χ0v) is 10.4. The van der Waals surface area contributed by atoms with Crippen LogP contribution in [0.4, 0.5) is 13.2 Å². The average Bonchev–Trinajstić information content (AvgIpc) is 2.71. The number of halogens is 3. The molecule has 1 aromatic carbocycles. The number of carboxylic acid groups (broad SMARTS) is 1.